The molecule has 41 heavy (non-hydrogen) atoms. The summed E-state index contributed by atoms with van der Waals surface area (Å²) in [5, 5.41) is 2.77. The van der Waals surface area contributed by atoms with E-state index in [1.165, 1.54) is 38.3 Å². The molecule has 0 spiro atoms. The second kappa shape index (κ2) is 12.0. The number of carbonyl (C=O) groups is 3. The summed E-state index contributed by atoms with van der Waals surface area (Å²) in [6.07, 6.45) is 4.10. The molecule has 10 heteroatoms. The molecule has 0 aromatic heterocycles. The van der Waals surface area contributed by atoms with Crippen LogP contribution in [-0.4, -0.2) is 71.5 Å². The van der Waals surface area contributed by atoms with E-state index in [1.807, 2.05) is 0 Å². The molecule has 1 N–H and O–H groups in total. The highest BCUT2D eigenvalue weighted by Gasteiger charge is 2.48. The van der Waals surface area contributed by atoms with Gasteiger partial charge in [0.25, 0.3) is 5.91 Å². The van der Waals surface area contributed by atoms with E-state index in [4.69, 9.17) is 21.1 Å². The molecule has 0 aliphatic carbocycles. The molecule has 0 bridgehead atoms. The molecule has 0 saturated carbocycles. The zero-order valence-corrected chi connectivity index (χ0v) is 24.5. The van der Waals surface area contributed by atoms with Crippen LogP contribution in [0, 0.1) is 5.82 Å². The van der Waals surface area contributed by atoms with Crippen LogP contribution in [0.25, 0.3) is 0 Å². The van der Waals surface area contributed by atoms with Crippen LogP contribution in [0.5, 0.6) is 5.75 Å². The van der Waals surface area contributed by atoms with Gasteiger partial charge in [-0.05, 0) is 95.9 Å². The molecule has 3 aliphatic heterocycles. The lowest BCUT2D eigenvalue weighted by Gasteiger charge is -2.45. The number of rotatable bonds is 5. The lowest BCUT2D eigenvalue weighted by molar-refractivity contribution is -0.0791. The van der Waals surface area contributed by atoms with Crippen LogP contribution in [0.4, 0.5) is 9.18 Å². The molecule has 0 radical (unpaired) electrons. The fourth-order valence-corrected chi connectivity index (χ4v) is 6.30. The van der Waals surface area contributed by atoms with Crippen LogP contribution in [-0.2, 0) is 4.74 Å². The zero-order valence-electron chi connectivity index (χ0n) is 23.8. The van der Waals surface area contributed by atoms with Crippen molar-refractivity contribution in [3.05, 3.63) is 63.9 Å². The van der Waals surface area contributed by atoms with Crippen LogP contribution in [0.15, 0.2) is 36.4 Å². The van der Waals surface area contributed by atoms with Gasteiger partial charge in [0.2, 0.25) is 0 Å². The highest BCUT2D eigenvalue weighted by atomic mass is 35.5. The second-order valence-electron chi connectivity index (χ2n) is 11.7. The van der Waals surface area contributed by atoms with Crippen LogP contribution >= 0.6 is 11.6 Å². The van der Waals surface area contributed by atoms with Gasteiger partial charge < -0.3 is 24.6 Å². The zero-order chi connectivity index (χ0) is 29.3. The Kier molecular flexibility index (Phi) is 8.57. The number of hydrogen-bond donors (Lipinski definition) is 1. The van der Waals surface area contributed by atoms with Crippen molar-refractivity contribution < 1.29 is 28.2 Å². The second-order valence-corrected chi connectivity index (χ2v) is 12.1. The summed E-state index contributed by atoms with van der Waals surface area (Å²) < 4.78 is 26.2. The van der Waals surface area contributed by atoms with Crippen molar-refractivity contribution in [1.82, 2.24) is 15.1 Å². The number of nitrogens with zero attached hydrogens (tertiary/aromatic N) is 2. The molecule has 0 unspecified atom stereocenters. The van der Waals surface area contributed by atoms with Crippen molar-refractivity contribution in [2.45, 2.75) is 76.7 Å². The quantitative estimate of drug-likeness (QED) is 0.448. The van der Waals surface area contributed by atoms with Gasteiger partial charge in [0.1, 0.15) is 17.2 Å². The van der Waals surface area contributed by atoms with Crippen molar-refractivity contribution >= 4 is 29.4 Å². The molecule has 2 aromatic rings. The van der Waals surface area contributed by atoms with Gasteiger partial charge in [-0.1, -0.05) is 18.0 Å². The molecule has 2 fully saturated rings. The number of ketones is 1. The molecule has 2 amide bonds. The highest BCUT2D eigenvalue weighted by molar-refractivity contribution is 6.31. The molecule has 5 rings (SSSR count). The van der Waals surface area contributed by atoms with Gasteiger partial charge in [-0.2, -0.15) is 0 Å². The minimum absolute atomic E-state index is 0.148. The monoisotopic (exact) mass is 585 g/mol. The molecule has 2 aromatic carbocycles. The fraction of sp³-hybridized carbons (Fsp3) is 0.516. The topological polar surface area (TPSA) is 88.2 Å². The first-order valence-electron chi connectivity index (χ1n) is 14.3. The van der Waals surface area contributed by atoms with Gasteiger partial charge in [-0.3, -0.25) is 9.59 Å². The maximum atomic E-state index is 13.8. The molecule has 220 valence electrons. The van der Waals surface area contributed by atoms with E-state index in [-0.39, 0.29) is 16.4 Å². The third-order valence-corrected chi connectivity index (χ3v) is 8.73. The Bertz CT molecular complexity index is 1320. The number of nitrogens with one attached hydrogen (secondary N) is 1. The van der Waals surface area contributed by atoms with Crippen molar-refractivity contribution in [2.24, 2.45) is 0 Å². The summed E-state index contributed by atoms with van der Waals surface area (Å²) in [6, 6.07) is 8.33. The Labute approximate surface area is 245 Å². The number of ether oxygens (including phenoxy) is 2. The maximum absolute atomic E-state index is 13.8. The molecular formula is C31H37ClFN3O5. The number of halogens is 2. The number of Topliss-reactive ketones (excluding diaryl/α,β-unsaturated/α-hetero) is 1. The third-order valence-electron chi connectivity index (χ3n) is 8.44. The Balaban J connectivity index is 1.39. The van der Waals surface area contributed by atoms with E-state index in [1.54, 1.807) is 36.9 Å². The average Bonchev–Trinajstić information content (AvgIpc) is 2.96. The van der Waals surface area contributed by atoms with Gasteiger partial charge in [0.15, 0.2) is 11.9 Å². The molecule has 3 heterocycles. The smallest absolute Gasteiger partial charge is 0.410 e. The first-order chi connectivity index (χ1) is 19.5. The Morgan fingerprint density at radius 1 is 1.00 bits per heavy atom. The van der Waals surface area contributed by atoms with Crippen LogP contribution in [0.3, 0.4) is 0 Å². The maximum Gasteiger partial charge on any atom is 0.410 e. The highest BCUT2D eigenvalue weighted by Crippen LogP contribution is 2.42. The molecular weight excluding hydrogens is 549 g/mol. The number of carbonyl (C=O) groups excluding carboxylic acids is 3. The van der Waals surface area contributed by atoms with Crippen molar-refractivity contribution in [2.75, 3.05) is 26.2 Å². The minimum atomic E-state index is -1.02. The number of hydrogen-bond acceptors (Lipinski definition) is 6. The largest absolute Gasteiger partial charge is 0.484 e. The number of benzene rings is 2. The van der Waals surface area contributed by atoms with Crippen molar-refractivity contribution in [3.63, 3.8) is 0 Å². The molecule has 3 aliphatic rings. The number of likely N-dealkylation sites (tertiary alicyclic amines) is 2. The minimum Gasteiger partial charge on any atom is -0.484 e. The Morgan fingerprint density at radius 2 is 1.68 bits per heavy atom. The lowest BCUT2D eigenvalue weighted by atomic mass is 9.85. The summed E-state index contributed by atoms with van der Waals surface area (Å²) in [7, 11) is 0. The Morgan fingerprint density at radius 3 is 2.34 bits per heavy atom. The van der Waals surface area contributed by atoms with E-state index in [0.717, 1.165) is 32.0 Å². The van der Waals surface area contributed by atoms with E-state index in [9.17, 15) is 18.8 Å². The Hall–Kier alpha value is -3.17. The molecule has 2 atom stereocenters. The van der Waals surface area contributed by atoms with Gasteiger partial charge in [0.05, 0.1) is 11.1 Å². The van der Waals surface area contributed by atoms with Crippen molar-refractivity contribution in [3.8, 4) is 5.75 Å². The van der Waals surface area contributed by atoms with E-state index in [2.05, 4.69) is 10.2 Å². The van der Waals surface area contributed by atoms with E-state index in [0.29, 0.717) is 36.0 Å². The van der Waals surface area contributed by atoms with Gasteiger partial charge in [-0.15, -0.1) is 0 Å². The van der Waals surface area contributed by atoms with Crippen LogP contribution in [0.1, 0.15) is 85.2 Å². The predicted octanol–water partition coefficient (Wildman–Crippen LogP) is 5.78. The summed E-state index contributed by atoms with van der Waals surface area (Å²) in [6.45, 7) is 8.45. The van der Waals surface area contributed by atoms with E-state index < -0.39 is 35.6 Å². The SMILES string of the molecule is CC(=O)c1ccc2c(c1)[C@H](NC(=O)c1ccc(F)c(Cl)c1)[C@H](OC(=O)N1CCC(N3CCCCC3)CC1)C(C)(C)O2. The predicted molar refractivity (Wildman–Crippen MR) is 153 cm³/mol. The first kappa shape index (κ1) is 29.3. The van der Waals surface area contributed by atoms with Crippen LogP contribution in [0.2, 0.25) is 5.02 Å². The van der Waals surface area contributed by atoms with Gasteiger partial charge in [-0.25, -0.2) is 9.18 Å². The first-order valence-corrected chi connectivity index (χ1v) is 14.7. The normalized spacial score (nSPS) is 22.8. The van der Waals surface area contributed by atoms with E-state index >= 15 is 0 Å². The summed E-state index contributed by atoms with van der Waals surface area (Å²) in [5.41, 5.74) is 0.0706. The van der Waals surface area contributed by atoms with Crippen molar-refractivity contribution in [1.29, 1.82) is 0 Å². The molecule has 8 nitrogen and oxygen atoms in total. The van der Waals surface area contributed by atoms with Crippen LogP contribution < -0.4 is 10.1 Å². The third kappa shape index (κ3) is 6.36. The number of fused-ring (bicyclic) bond motifs is 1. The molecule has 2 saturated heterocycles. The number of amides is 2. The van der Waals surface area contributed by atoms with Gasteiger partial charge in [0, 0.05) is 35.8 Å². The summed E-state index contributed by atoms with van der Waals surface area (Å²) in [4.78, 5) is 43.4. The standard InChI is InChI=1S/C31H37ClFN3O5/c1-19(37)20-8-10-26-23(17-20)27(34-29(38)21-7-9-25(33)24(32)18-21)28(31(2,3)41-26)40-30(39)36-15-11-22(12-16-36)35-13-5-4-6-14-35/h7-10,17-18,22,27-28H,4-6,11-16H2,1-3H3,(H,34,38)/t27-,28-/m0/s1. The average molecular weight is 586 g/mol. The summed E-state index contributed by atoms with van der Waals surface area (Å²) >= 11 is 5.94. The van der Waals surface area contributed by atoms with Gasteiger partial charge >= 0.3 is 6.09 Å². The fourth-order valence-electron chi connectivity index (χ4n) is 6.11. The summed E-state index contributed by atoms with van der Waals surface area (Å²) in [5.74, 6) is -0.852. The number of piperidine rings is 2. The lowest BCUT2D eigenvalue weighted by Crippen LogP contribution is -2.57.